The van der Waals surface area contributed by atoms with E-state index in [2.05, 4.69) is 22.2 Å². The molecule has 8 nitrogen and oxygen atoms in total. The first-order valence-electron chi connectivity index (χ1n) is 9.51. The molecule has 30 heavy (non-hydrogen) atoms. The van der Waals surface area contributed by atoms with Crippen molar-refractivity contribution in [1.82, 2.24) is 19.8 Å². The molecule has 0 spiro atoms. The normalized spacial score (nSPS) is 11.4. The van der Waals surface area contributed by atoms with Crippen molar-refractivity contribution in [3.05, 3.63) is 81.8 Å². The van der Waals surface area contributed by atoms with Crippen LogP contribution in [0.25, 0.3) is 5.69 Å². The van der Waals surface area contributed by atoms with Crippen LogP contribution in [-0.4, -0.2) is 32.1 Å². The second kappa shape index (κ2) is 9.21. The van der Waals surface area contributed by atoms with Crippen molar-refractivity contribution in [2.45, 2.75) is 27.4 Å². The molecule has 0 aliphatic rings. The molecular weight excluding hydrogens is 382 g/mol. The first-order chi connectivity index (χ1) is 14.4. The Bertz CT molecular complexity index is 1140. The number of benzene rings is 2. The topological polar surface area (TPSA) is 83.5 Å². The van der Waals surface area contributed by atoms with Crippen LogP contribution in [0.15, 0.2) is 59.0 Å². The van der Waals surface area contributed by atoms with Crippen LogP contribution in [0.4, 0.5) is 0 Å². The maximum absolute atomic E-state index is 12.3. The van der Waals surface area contributed by atoms with E-state index in [0.717, 1.165) is 33.7 Å². The smallest absolute Gasteiger partial charge is 0.368 e. The number of oxime groups is 1. The molecule has 1 heterocycles. The lowest BCUT2D eigenvalue weighted by molar-refractivity contribution is 0.175. The fourth-order valence-electron chi connectivity index (χ4n) is 2.96. The van der Waals surface area contributed by atoms with Crippen LogP contribution in [0.2, 0.25) is 0 Å². The van der Waals surface area contributed by atoms with Gasteiger partial charge in [-0.05, 0) is 72.2 Å². The minimum Gasteiger partial charge on any atom is -0.489 e. The summed E-state index contributed by atoms with van der Waals surface area (Å²) in [6.45, 7) is 10.1. The minimum absolute atomic E-state index is 0.292. The Morgan fingerprint density at radius 2 is 2.00 bits per heavy atom. The van der Waals surface area contributed by atoms with Crippen LogP contribution >= 0.6 is 0 Å². The Labute approximate surface area is 175 Å². The number of tetrazole rings is 1. The fourth-order valence-corrected chi connectivity index (χ4v) is 2.96. The molecule has 0 bridgehead atoms. The van der Waals surface area contributed by atoms with Gasteiger partial charge in [0.25, 0.3) is 0 Å². The van der Waals surface area contributed by atoms with Crippen molar-refractivity contribution < 1.29 is 9.57 Å². The third-order valence-corrected chi connectivity index (χ3v) is 4.69. The van der Waals surface area contributed by atoms with Crippen LogP contribution in [0.1, 0.15) is 29.2 Å². The summed E-state index contributed by atoms with van der Waals surface area (Å²) < 4.78 is 8.57. The second-order valence-corrected chi connectivity index (χ2v) is 6.90. The number of aromatic nitrogens is 4. The van der Waals surface area contributed by atoms with Gasteiger partial charge in [-0.25, -0.2) is 4.79 Å². The van der Waals surface area contributed by atoms with Crippen molar-refractivity contribution >= 4 is 5.71 Å². The molecule has 3 aromatic rings. The zero-order chi connectivity index (χ0) is 21.7. The number of rotatable bonds is 8. The van der Waals surface area contributed by atoms with Gasteiger partial charge in [0.2, 0.25) is 0 Å². The molecule has 0 atom stereocenters. The Morgan fingerprint density at radius 1 is 1.20 bits per heavy atom. The SMILES string of the molecule is C=CCON=C(C)c1ccc(OCc2c(C)cccc2-n2nnn(C)c2=O)c(C)c1. The van der Waals surface area contributed by atoms with E-state index in [-0.39, 0.29) is 5.69 Å². The van der Waals surface area contributed by atoms with Gasteiger partial charge in [-0.2, -0.15) is 9.36 Å². The monoisotopic (exact) mass is 407 g/mol. The highest BCUT2D eigenvalue weighted by atomic mass is 16.6. The van der Waals surface area contributed by atoms with E-state index in [9.17, 15) is 4.79 Å². The Balaban J connectivity index is 1.83. The molecule has 2 aromatic carbocycles. The van der Waals surface area contributed by atoms with Gasteiger partial charge in [0, 0.05) is 12.6 Å². The van der Waals surface area contributed by atoms with E-state index >= 15 is 0 Å². The molecule has 0 fully saturated rings. The maximum Gasteiger partial charge on any atom is 0.368 e. The van der Waals surface area contributed by atoms with Gasteiger partial charge in [0.05, 0.1) is 11.4 Å². The van der Waals surface area contributed by atoms with Crippen molar-refractivity contribution in [2.24, 2.45) is 12.2 Å². The fraction of sp³-hybridized carbons (Fsp3) is 0.273. The van der Waals surface area contributed by atoms with Crippen LogP contribution in [0, 0.1) is 13.8 Å². The lowest BCUT2D eigenvalue weighted by Gasteiger charge is -2.15. The van der Waals surface area contributed by atoms with Gasteiger partial charge in [-0.15, -0.1) is 0 Å². The van der Waals surface area contributed by atoms with Gasteiger partial charge < -0.3 is 9.57 Å². The van der Waals surface area contributed by atoms with Crippen molar-refractivity contribution in [3.8, 4) is 11.4 Å². The number of hydrogen-bond donors (Lipinski definition) is 0. The molecule has 8 heteroatoms. The summed E-state index contributed by atoms with van der Waals surface area (Å²) in [4.78, 5) is 17.4. The minimum atomic E-state index is -0.309. The molecule has 0 amide bonds. The summed E-state index contributed by atoms with van der Waals surface area (Å²) in [5.74, 6) is 0.749. The van der Waals surface area contributed by atoms with Crippen LogP contribution in [0.5, 0.6) is 5.75 Å². The average molecular weight is 407 g/mol. The standard InChI is InChI=1S/C22H25N5O3/c1-6-12-30-23-17(4)18-10-11-21(16(3)13-18)29-14-19-15(2)8-7-9-20(19)27-22(28)26(5)24-25-27/h6-11,13H,1,12,14H2,2-5H3. The van der Waals surface area contributed by atoms with E-state index in [1.54, 1.807) is 13.1 Å². The molecule has 3 rings (SSSR count). The predicted octanol–water partition coefficient (Wildman–Crippen LogP) is 3.09. The second-order valence-electron chi connectivity index (χ2n) is 6.90. The van der Waals surface area contributed by atoms with E-state index in [0.29, 0.717) is 18.9 Å². The first kappa shape index (κ1) is 21.0. The zero-order valence-electron chi connectivity index (χ0n) is 17.6. The molecule has 1 aromatic heterocycles. The van der Waals surface area contributed by atoms with Gasteiger partial charge >= 0.3 is 5.69 Å². The van der Waals surface area contributed by atoms with Crippen LogP contribution in [-0.2, 0) is 18.5 Å². The molecule has 0 radical (unpaired) electrons. The summed E-state index contributed by atoms with van der Waals surface area (Å²) in [5, 5.41) is 11.8. The number of nitrogens with zero attached hydrogens (tertiary/aromatic N) is 5. The van der Waals surface area contributed by atoms with Gasteiger partial charge in [-0.3, -0.25) is 0 Å². The molecule has 0 aliphatic carbocycles. The van der Waals surface area contributed by atoms with Crippen LogP contribution in [0.3, 0.4) is 0 Å². The van der Waals surface area contributed by atoms with E-state index in [1.807, 2.05) is 57.2 Å². The lowest BCUT2D eigenvalue weighted by atomic mass is 10.1. The third kappa shape index (κ3) is 4.48. The maximum atomic E-state index is 12.3. The highest BCUT2D eigenvalue weighted by Crippen LogP contribution is 2.24. The molecule has 0 unspecified atom stereocenters. The van der Waals surface area contributed by atoms with E-state index < -0.39 is 0 Å². The molecule has 156 valence electrons. The van der Waals surface area contributed by atoms with Gasteiger partial charge in [-0.1, -0.05) is 29.9 Å². The number of ether oxygens (including phenoxy) is 1. The summed E-state index contributed by atoms with van der Waals surface area (Å²) in [6.07, 6.45) is 1.65. The summed E-state index contributed by atoms with van der Waals surface area (Å²) >= 11 is 0. The van der Waals surface area contributed by atoms with E-state index in [1.165, 1.54) is 9.36 Å². The Morgan fingerprint density at radius 3 is 2.67 bits per heavy atom. The molecule has 0 aliphatic heterocycles. The van der Waals surface area contributed by atoms with E-state index in [4.69, 9.17) is 9.57 Å². The number of aryl methyl sites for hydroxylation is 3. The molecule has 0 saturated heterocycles. The zero-order valence-corrected chi connectivity index (χ0v) is 17.6. The summed E-state index contributed by atoms with van der Waals surface area (Å²) in [7, 11) is 1.57. The Kier molecular flexibility index (Phi) is 6.46. The molecule has 0 saturated carbocycles. The highest BCUT2D eigenvalue weighted by Gasteiger charge is 2.14. The highest BCUT2D eigenvalue weighted by molar-refractivity contribution is 5.98. The van der Waals surface area contributed by atoms with Crippen molar-refractivity contribution in [3.63, 3.8) is 0 Å². The van der Waals surface area contributed by atoms with Gasteiger partial charge in [0.15, 0.2) is 0 Å². The summed E-state index contributed by atoms with van der Waals surface area (Å²) in [5.41, 5.74) is 4.92. The predicted molar refractivity (Wildman–Crippen MR) is 115 cm³/mol. The first-order valence-corrected chi connectivity index (χ1v) is 9.51. The largest absolute Gasteiger partial charge is 0.489 e. The Hall–Kier alpha value is -3.68. The molecule has 0 N–H and O–H groups in total. The summed E-state index contributed by atoms with van der Waals surface area (Å²) in [6, 6.07) is 11.5. The van der Waals surface area contributed by atoms with Crippen molar-refractivity contribution in [2.75, 3.05) is 6.61 Å². The van der Waals surface area contributed by atoms with Crippen LogP contribution < -0.4 is 10.4 Å². The average Bonchev–Trinajstić information content (AvgIpc) is 3.06. The quantitative estimate of drug-likeness (QED) is 0.248. The van der Waals surface area contributed by atoms with Crippen molar-refractivity contribution in [1.29, 1.82) is 0 Å². The lowest BCUT2D eigenvalue weighted by Crippen LogP contribution is -2.23. The number of hydrogen-bond acceptors (Lipinski definition) is 6. The molecular formula is C22H25N5O3. The third-order valence-electron chi connectivity index (χ3n) is 4.69. The van der Waals surface area contributed by atoms with Gasteiger partial charge in [0.1, 0.15) is 19.0 Å².